The molecule has 2 aliphatic heterocycles. The second kappa shape index (κ2) is 6.54. The summed E-state index contributed by atoms with van der Waals surface area (Å²) in [5.41, 5.74) is 0.0611. The van der Waals surface area contributed by atoms with E-state index in [9.17, 15) is 13.6 Å². The first kappa shape index (κ1) is 15.7. The topological polar surface area (TPSA) is 56.1 Å². The van der Waals surface area contributed by atoms with Crippen LogP contribution in [-0.2, 0) is 11.3 Å². The molecule has 1 amide bonds. The van der Waals surface area contributed by atoms with Gasteiger partial charge in [-0.1, -0.05) is 0 Å². The van der Waals surface area contributed by atoms with Crippen molar-refractivity contribution in [1.29, 1.82) is 0 Å². The lowest BCUT2D eigenvalue weighted by Gasteiger charge is -2.38. The Bertz CT molecular complexity index is 532. The number of carbonyl (C=O) groups excluding carboxylic acids is 1. The first-order chi connectivity index (χ1) is 10.6. The molecule has 1 aromatic heterocycles. The van der Waals surface area contributed by atoms with E-state index in [0.717, 1.165) is 35.4 Å². The maximum atomic E-state index is 12.5. The van der Waals surface area contributed by atoms with E-state index in [0.29, 0.717) is 6.61 Å². The van der Waals surface area contributed by atoms with E-state index in [1.165, 1.54) is 12.3 Å². The van der Waals surface area contributed by atoms with Gasteiger partial charge in [0.25, 0.3) is 12.3 Å². The minimum Gasteiger partial charge on any atom is -0.374 e. The summed E-state index contributed by atoms with van der Waals surface area (Å²) < 4.78 is 32.0. The number of ether oxygens (including phenoxy) is 1. The number of halogens is 2. The first-order valence-corrected chi connectivity index (χ1v) is 8.56. The third-order valence-corrected chi connectivity index (χ3v) is 5.38. The summed E-state index contributed by atoms with van der Waals surface area (Å²) in [6.07, 6.45) is 1.38. The van der Waals surface area contributed by atoms with Crippen LogP contribution in [0.25, 0.3) is 0 Å². The van der Waals surface area contributed by atoms with E-state index >= 15 is 0 Å². The van der Waals surface area contributed by atoms with Gasteiger partial charge >= 0.3 is 0 Å². The highest BCUT2D eigenvalue weighted by Gasteiger charge is 2.41. The minimum atomic E-state index is -2.53. The summed E-state index contributed by atoms with van der Waals surface area (Å²) in [7, 11) is 0. The predicted molar refractivity (Wildman–Crippen MR) is 79.3 cm³/mol. The molecule has 8 heteroatoms. The molecule has 3 rings (SSSR count). The molecule has 22 heavy (non-hydrogen) atoms. The third kappa shape index (κ3) is 3.43. The Labute approximate surface area is 131 Å². The van der Waals surface area contributed by atoms with Gasteiger partial charge in [-0.25, -0.2) is 8.78 Å². The van der Waals surface area contributed by atoms with Crippen molar-refractivity contribution in [1.82, 2.24) is 15.1 Å². The van der Waals surface area contributed by atoms with Gasteiger partial charge in [0.2, 0.25) is 0 Å². The summed E-state index contributed by atoms with van der Waals surface area (Å²) in [4.78, 5) is 12.3. The highest BCUT2D eigenvalue weighted by atomic mass is 32.2. The number of rotatable bonds is 4. The standard InChI is InChI=1S/C14H19F2N3O2S/c15-12(16)8-19-11(1-4-17-19)13(20)18-10-2-5-21-14(7-10)3-6-22-9-14/h1,4,10,12H,2-3,5-9H2,(H,18,20)/t10-,14+/m1/s1. The van der Waals surface area contributed by atoms with Gasteiger partial charge in [-0.15, -0.1) is 0 Å². The Kier molecular flexibility index (Phi) is 4.67. The molecule has 2 fully saturated rings. The summed E-state index contributed by atoms with van der Waals surface area (Å²) in [6.45, 7) is 0.0614. The molecule has 2 atom stereocenters. The number of thioether (sulfide) groups is 1. The Balaban J connectivity index is 1.63. The first-order valence-electron chi connectivity index (χ1n) is 7.40. The van der Waals surface area contributed by atoms with Crippen molar-refractivity contribution in [2.24, 2.45) is 0 Å². The molecule has 0 radical (unpaired) electrons. The fourth-order valence-electron chi connectivity index (χ4n) is 3.08. The summed E-state index contributed by atoms with van der Waals surface area (Å²) in [5.74, 6) is 1.70. The lowest BCUT2D eigenvalue weighted by atomic mass is 9.90. The molecular formula is C14H19F2N3O2S. The number of hydrogen-bond donors (Lipinski definition) is 1. The summed E-state index contributed by atoms with van der Waals surface area (Å²) >= 11 is 1.87. The SMILES string of the molecule is O=C(N[C@@H]1CCO[C@@]2(CCSC2)C1)c1ccnn1CC(F)F. The van der Waals surface area contributed by atoms with E-state index in [4.69, 9.17) is 4.74 Å². The van der Waals surface area contributed by atoms with Crippen LogP contribution in [0.3, 0.4) is 0 Å². The number of nitrogens with one attached hydrogen (secondary N) is 1. The number of carbonyl (C=O) groups is 1. The second-order valence-electron chi connectivity index (χ2n) is 5.79. The van der Waals surface area contributed by atoms with Crippen molar-refractivity contribution in [2.75, 3.05) is 18.1 Å². The van der Waals surface area contributed by atoms with Crippen molar-refractivity contribution < 1.29 is 18.3 Å². The van der Waals surface area contributed by atoms with Gasteiger partial charge in [0.1, 0.15) is 12.2 Å². The van der Waals surface area contributed by atoms with Gasteiger partial charge in [0, 0.05) is 24.6 Å². The van der Waals surface area contributed by atoms with Crippen molar-refractivity contribution in [2.45, 2.75) is 43.9 Å². The molecule has 122 valence electrons. The van der Waals surface area contributed by atoms with Crippen molar-refractivity contribution >= 4 is 17.7 Å². The average Bonchev–Trinajstić information content (AvgIpc) is 3.08. The quantitative estimate of drug-likeness (QED) is 0.916. The molecule has 0 aromatic carbocycles. The number of amides is 1. The van der Waals surface area contributed by atoms with Gasteiger partial charge < -0.3 is 10.1 Å². The van der Waals surface area contributed by atoms with E-state index < -0.39 is 13.0 Å². The molecule has 0 saturated carbocycles. The van der Waals surface area contributed by atoms with Crippen molar-refractivity contribution in [3.8, 4) is 0 Å². The van der Waals surface area contributed by atoms with E-state index in [2.05, 4.69) is 10.4 Å². The number of hydrogen-bond acceptors (Lipinski definition) is 4. The Morgan fingerprint density at radius 2 is 2.50 bits per heavy atom. The van der Waals surface area contributed by atoms with E-state index in [1.54, 1.807) is 0 Å². The van der Waals surface area contributed by atoms with Gasteiger partial charge in [-0.3, -0.25) is 9.48 Å². The molecule has 5 nitrogen and oxygen atoms in total. The normalized spacial score (nSPS) is 28.4. The molecule has 0 bridgehead atoms. The number of aromatic nitrogens is 2. The Hall–Kier alpha value is -1.15. The third-order valence-electron chi connectivity index (χ3n) is 4.16. The maximum Gasteiger partial charge on any atom is 0.269 e. The molecule has 1 spiro atoms. The molecule has 2 saturated heterocycles. The van der Waals surface area contributed by atoms with Crippen LogP contribution in [0.15, 0.2) is 12.3 Å². The second-order valence-corrected chi connectivity index (χ2v) is 6.89. The lowest BCUT2D eigenvalue weighted by Crippen LogP contribution is -2.49. The summed E-state index contributed by atoms with van der Waals surface area (Å²) in [5, 5.41) is 6.74. The zero-order chi connectivity index (χ0) is 15.6. The van der Waals surface area contributed by atoms with Crippen LogP contribution in [0, 0.1) is 0 Å². The molecular weight excluding hydrogens is 312 g/mol. The lowest BCUT2D eigenvalue weighted by molar-refractivity contribution is -0.0688. The summed E-state index contributed by atoms with van der Waals surface area (Å²) in [6, 6.07) is 1.49. The van der Waals surface area contributed by atoms with Crippen LogP contribution in [0.2, 0.25) is 0 Å². The molecule has 0 unspecified atom stereocenters. The predicted octanol–water partition coefficient (Wildman–Crippen LogP) is 1.93. The molecule has 1 N–H and O–H groups in total. The van der Waals surface area contributed by atoms with Crippen LogP contribution in [0.4, 0.5) is 8.78 Å². The number of alkyl halides is 2. The van der Waals surface area contributed by atoms with Crippen LogP contribution in [0.5, 0.6) is 0 Å². The molecule has 0 aliphatic carbocycles. The van der Waals surface area contributed by atoms with E-state index in [-0.39, 0.29) is 23.2 Å². The zero-order valence-corrected chi connectivity index (χ0v) is 13.0. The minimum absolute atomic E-state index is 0.0230. The Morgan fingerprint density at radius 3 is 3.23 bits per heavy atom. The van der Waals surface area contributed by atoms with Crippen molar-refractivity contribution in [3.63, 3.8) is 0 Å². The molecule has 3 heterocycles. The average molecular weight is 331 g/mol. The highest BCUT2D eigenvalue weighted by Crippen LogP contribution is 2.38. The molecule has 1 aromatic rings. The van der Waals surface area contributed by atoms with Gasteiger partial charge in [0.15, 0.2) is 0 Å². The largest absolute Gasteiger partial charge is 0.374 e. The number of nitrogens with zero attached hydrogens (tertiary/aromatic N) is 2. The van der Waals surface area contributed by atoms with Crippen LogP contribution >= 0.6 is 11.8 Å². The Morgan fingerprint density at radius 1 is 1.64 bits per heavy atom. The maximum absolute atomic E-state index is 12.5. The van der Waals surface area contributed by atoms with Crippen LogP contribution in [-0.4, -0.2) is 51.9 Å². The van der Waals surface area contributed by atoms with Gasteiger partial charge in [-0.2, -0.15) is 16.9 Å². The smallest absolute Gasteiger partial charge is 0.269 e. The monoisotopic (exact) mass is 331 g/mol. The van der Waals surface area contributed by atoms with Crippen molar-refractivity contribution in [3.05, 3.63) is 18.0 Å². The fourth-order valence-corrected chi connectivity index (χ4v) is 4.45. The fraction of sp³-hybridized carbons (Fsp3) is 0.714. The molecule has 2 aliphatic rings. The zero-order valence-electron chi connectivity index (χ0n) is 12.1. The van der Waals surface area contributed by atoms with E-state index in [1.807, 2.05) is 11.8 Å². The van der Waals surface area contributed by atoms with Crippen LogP contribution in [0.1, 0.15) is 29.8 Å². The van der Waals surface area contributed by atoms with Gasteiger partial charge in [-0.05, 0) is 31.1 Å². The van der Waals surface area contributed by atoms with Gasteiger partial charge in [0.05, 0.1) is 5.60 Å². The highest BCUT2D eigenvalue weighted by molar-refractivity contribution is 7.99. The van der Waals surface area contributed by atoms with Crippen LogP contribution < -0.4 is 5.32 Å².